The van der Waals surface area contributed by atoms with Gasteiger partial charge in [0, 0.05) is 0 Å². The first-order valence-electron chi connectivity index (χ1n) is 3.38. The molecule has 0 nitrogen and oxygen atoms in total. The molecule has 0 rings (SSSR count). The molecule has 0 bridgehead atoms. The molecule has 0 fully saturated rings. The van der Waals surface area contributed by atoms with Crippen molar-refractivity contribution in [1.82, 2.24) is 0 Å². The highest BCUT2D eigenvalue weighted by Crippen LogP contribution is 2.04. The largest absolute Gasteiger partial charge is 0.208 e. The molecule has 0 aromatic heterocycles. The van der Waals surface area contributed by atoms with Crippen LogP contribution in [0.2, 0.25) is 0 Å². The lowest BCUT2D eigenvalue weighted by molar-refractivity contribution is 0.671. The molecule has 0 saturated heterocycles. The summed E-state index contributed by atoms with van der Waals surface area (Å²) in [4.78, 5) is 0. The minimum Gasteiger partial charge on any atom is -0.208 e. The zero-order valence-electron chi connectivity index (χ0n) is 6.52. The first-order valence-corrected chi connectivity index (χ1v) is 3.38. The van der Waals surface area contributed by atoms with E-state index in [2.05, 4.69) is 6.58 Å². The third kappa shape index (κ3) is 4.07. The molecular formula is C9H13F. The zero-order valence-corrected chi connectivity index (χ0v) is 6.52. The molecule has 56 valence electrons. The summed E-state index contributed by atoms with van der Waals surface area (Å²) in [5.41, 5.74) is 1.12. The molecule has 0 aliphatic carbocycles. The predicted octanol–water partition coefficient (Wildman–Crippen LogP) is 3.38. The van der Waals surface area contributed by atoms with E-state index in [0.29, 0.717) is 0 Å². The van der Waals surface area contributed by atoms with Gasteiger partial charge < -0.3 is 0 Å². The van der Waals surface area contributed by atoms with Crippen molar-refractivity contribution < 1.29 is 4.39 Å². The van der Waals surface area contributed by atoms with Crippen LogP contribution in [0.1, 0.15) is 20.3 Å². The summed E-state index contributed by atoms with van der Waals surface area (Å²) < 4.78 is 12.0. The Morgan fingerprint density at radius 2 is 2.10 bits per heavy atom. The average molecular weight is 140 g/mol. The molecule has 0 aromatic carbocycles. The van der Waals surface area contributed by atoms with Crippen LogP contribution in [0.15, 0.2) is 36.2 Å². The number of allylic oxidation sites excluding steroid dienone is 5. The fourth-order valence-corrected chi connectivity index (χ4v) is 0.616. The lowest BCUT2D eigenvalue weighted by atomic mass is 10.2. The summed E-state index contributed by atoms with van der Waals surface area (Å²) in [6.45, 7) is 7.08. The van der Waals surface area contributed by atoms with E-state index in [0.717, 1.165) is 12.0 Å². The second-order valence-corrected chi connectivity index (χ2v) is 2.00. The molecule has 0 saturated carbocycles. The molecule has 10 heavy (non-hydrogen) atoms. The molecule has 0 aromatic rings. The Morgan fingerprint density at radius 3 is 2.40 bits per heavy atom. The van der Waals surface area contributed by atoms with Crippen LogP contribution in [0, 0.1) is 0 Å². The van der Waals surface area contributed by atoms with Crippen molar-refractivity contribution in [3.05, 3.63) is 36.2 Å². The van der Waals surface area contributed by atoms with Crippen molar-refractivity contribution in [1.29, 1.82) is 0 Å². The smallest absolute Gasteiger partial charge is 0.116 e. The van der Waals surface area contributed by atoms with Gasteiger partial charge in [-0.05, 0) is 19.4 Å². The van der Waals surface area contributed by atoms with E-state index in [1.807, 2.05) is 19.9 Å². The van der Waals surface area contributed by atoms with Crippen molar-refractivity contribution in [2.45, 2.75) is 20.3 Å². The Kier molecular flexibility index (Phi) is 4.55. The minimum atomic E-state index is -0.396. The zero-order chi connectivity index (χ0) is 7.98. The Labute approximate surface area is 61.8 Å². The van der Waals surface area contributed by atoms with E-state index in [4.69, 9.17) is 0 Å². The van der Waals surface area contributed by atoms with Gasteiger partial charge in [0.05, 0.1) is 0 Å². The van der Waals surface area contributed by atoms with Gasteiger partial charge in [-0.3, -0.25) is 0 Å². The van der Waals surface area contributed by atoms with E-state index in [1.165, 1.54) is 6.08 Å². The van der Waals surface area contributed by atoms with Crippen LogP contribution < -0.4 is 0 Å². The van der Waals surface area contributed by atoms with Gasteiger partial charge in [-0.25, -0.2) is 4.39 Å². The second-order valence-electron chi connectivity index (χ2n) is 2.00. The number of halogens is 1. The summed E-state index contributed by atoms with van der Waals surface area (Å²) in [6.07, 6.45) is 6.00. The van der Waals surface area contributed by atoms with Crippen LogP contribution in [-0.2, 0) is 0 Å². The average Bonchev–Trinajstić information content (AvgIpc) is 1.90. The Balaban J connectivity index is 3.98. The van der Waals surface area contributed by atoms with Gasteiger partial charge in [0.2, 0.25) is 0 Å². The topological polar surface area (TPSA) is 0 Å². The van der Waals surface area contributed by atoms with Crippen LogP contribution in [0.5, 0.6) is 0 Å². The predicted molar refractivity (Wildman–Crippen MR) is 43.4 cm³/mol. The summed E-state index contributed by atoms with van der Waals surface area (Å²) in [6, 6.07) is 0. The van der Waals surface area contributed by atoms with Gasteiger partial charge in [-0.1, -0.05) is 31.2 Å². The van der Waals surface area contributed by atoms with Gasteiger partial charge in [-0.2, -0.15) is 0 Å². The van der Waals surface area contributed by atoms with Crippen LogP contribution in [0.4, 0.5) is 4.39 Å². The third-order valence-corrected chi connectivity index (χ3v) is 1.26. The third-order valence-electron chi connectivity index (χ3n) is 1.26. The second kappa shape index (κ2) is 4.98. The standard InChI is InChI=1S/C9H13F/c1-4-9(5-2)7-6-8(3)10/h4,6-7H,3,5H2,1-2H3. The number of hydrogen-bond acceptors (Lipinski definition) is 0. The van der Waals surface area contributed by atoms with Gasteiger partial charge >= 0.3 is 0 Å². The molecule has 1 heteroatoms. The van der Waals surface area contributed by atoms with Crippen LogP contribution in [-0.4, -0.2) is 0 Å². The summed E-state index contributed by atoms with van der Waals surface area (Å²) in [5, 5.41) is 0. The van der Waals surface area contributed by atoms with Crippen LogP contribution in [0.25, 0.3) is 0 Å². The van der Waals surface area contributed by atoms with E-state index in [-0.39, 0.29) is 0 Å². The van der Waals surface area contributed by atoms with Crippen molar-refractivity contribution >= 4 is 0 Å². The Hall–Kier alpha value is -0.850. The molecule has 0 unspecified atom stereocenters. The van der Waals surface area contributed by atoms with E-state index in [9.17, 15) is 4.39 Å². The van der Waals surface area contributed by atoms with Crippen molar-refractivity contribution in [3.63, 3.8) is 0 Å². The molecule has 0 aliphatic heterocycles. The van der Waals surface area contributed by atoms with Crippen molar-refractivity contribution in [3.8, 4) is 0 Å². The molecule has 0 heterocycles. The molecular weight excluding hydrogens is 127 g/mol. The summed E-state index contributed by atoms with van der Waals surface area (Å²) in [7, 11) is 0. The van der Waals surface area contributed by atoms with E-state index in [1.54, 1.807) is 6.08 Å². The molecule has 0 N–H and O–H groups in total. The molecule has 0 radical (unpaired) electrons. The SMILES string of the molecule is C=C(F)C=CC(=CC)CC. The maximum absolute atomic E-state index is 12.0. The highest BCUT2D eigenvalue weighted by atomic mass is 19.1. The fraction of sp³-hybridized carbons (Fsp3) is 0.333. The first-order chi connectivity index (χ1) is 4.70. The lowest BCUT2D eigenvalue weighted by Gasteiger charge is -1.91. The van der Waals surface area contributed by atoms with Gasteiger partial charge in [-0.15, -0.1) is 0 Å². The lowest BCUT2D eigenvalue weighted by Crippen LogP contribution is -1.71. The summed E-state index contributed by atoms with van der Waals surface area (Å²) in [5.74, 6) is -0.396. The maximum Gasteiger partial charge on any atom is 0.116 e. The van der Waals surface area contributed by atoms with Gasteiger partial charge in [0.1, 0.15) is 5.83 Å². The van der Waals surface area contributed by atoms with Gasteiger partial charge in [0.15, 0.2) is 0 Å². The molecule has 0 aliphatic rings. The quantitative estimate of drug-likeness (QED) is 0.527. The number of hydrogen-bond donors (Lipinski definition) is 0. The van der Waals surface area contributed by atoms with Crippen molar-refractivity contribution in [2.75, 3.05) is 0 Å². The van der Waals surface area contributed by atoms with Gasteiger partial charge in [0.25, 0.3) is 0 Å². The highest BCUT2D eigenvalue weighted by Gasteiger charge is 1.84. The first kappa shape index (κ1) is 9.15. The highest BCUT2D eigenvalue weighted by molar-refractivity contribution is 5.22. The normalized spacial score (nSPS) is 12.5. The maximum atomic E-state index is 12.0. The van der Waals surface area contributed by atoms with Crippen molar-refractivity contribution in [2.24, 2.45) is 0 Å². The minimum absolute atomic E-state index is 0.396. The Morgan fingerprint density at radius 1 is 1.50 bits per heavy atom. The Bertz CT molecular complexity index is 164. The molecule has 0 spiro atoms. The number of rotatable bonds is 3. The van der Waals surface area contributed by atoms with E-state index >= 15 is 0 Å². The monoisotopic (exact) mass is 140 g/mol. The van der Waals surface area contributed by atoms with Crippen LogP contribution in [0.3, 0.4) is 0 Å². The fourth-order valence-electron chi connectivity index (χ4n) is 0.616. The van der Waals surface area contributed by atoms with E-state index < -0.39 is 5.83 Å². The molecule has 0 atom stereocenters. The summed E-state index contributed by atoms with van der Waals surface area (Å²) >= 11 is 0. The molecule has 0 amide bonds. The van der Waals surface area contributed by atoms with Crippen LogP contribution >= 0.6 is 0 Å².